The second kappa shape index (κ2) is 8.36. The average molecular weight is 357 g/mol. The van der Waals surface area contributed by atoms with Crippen LogP contribution in [0.3, 0.4) is 0 Å². The van der Waals surface area contributed by atoms with Crippen molar-refractivity contribution >= 4 is 5.78 Å². The molecule has 0 amide bonds. The van der Waals surface area contributed by atoms with Crippen LogP contribution in [0.4, 0.5) is 4.39 Å². The largest absolute Gasteiger partial charge is 0.326 e. The van der Waals surface area contributed by atoms with Gasteiger partial charge in [-0.3, -0.25) is 19.5 Å². The van der Waals surface area contributed by atoms with Crippen molar-refractivity contribution in [2.45, 2.75) is 38.6 Å². The Morgan fingerprint density at radius 2 is 2.12 bits per heavy atom. The number of H-pyrrole nitrogens is 1. The second-order valence-electron chi connectivity index (χ2n) is 7.08. The highest BCUT2D eigenvalue weighted by molar-refractivity contribution is 5.85. The Balaban J connectivity index is 1.76. The molecule has 5 nitrogen and oxygen atoms in total. The fourth-order valence-electron chi connectivity index (χ4n) is 3.70. The summed E-state index contributed by atoms with van der Waals surface area (Å²) >= 11 is 0. The molecule has 0 bridgehead atoms. The lowest BCUT2D eigenvalue weighted by Crippen LogP contribution is -2.32. The monoisotopic (exact) mass is 357 g/mol. The van der Waals surface area contributed by atoms with Gasteiger partial charge in [0.15, 0.2) is 0 Å². The molecule has 1 unspecified atom stereocenters. The number of hydrogen-bond acceptors (Lipinski definition) is 4. The summed E-state index contributed by atoms with van der Waals surface area (Å²) in [5.74, 6) is -0.414. The number of nitrogens with zero attached hydrogens (tertiary/aromatic N) is 2. The van der Waals surface area contributed by atoms with E-state index in [0.29, 0.717) is 37.1 Å². The number of Topliss-reactive ketones (excluding diaryl/α,β-unsaturated/α-hetero) is 1. The summed E-state index contributed by atoms with van der Waals surface area (Å²) in [5.41, 5.74) is 0.801. The number of aromatic amines is 1. The first kappa shape index (κ1) is 18.5. The van der Waals surface area contributed by atoms with Gasteiger partial charge in [0.2, 0.25) is 0 Å². The molecule has 1 saturated heterocycles. The lowest BCUT2D eigenvalue weighted by Gasteiger charge is -2.25. The van der Waals surface area contributed by atoms with E-state index in [1.54, 1.807) is 24.4 Å². The number of halogens is 1. The third-order valence-corrected chi connectivity index (χ3v) is 4.93. The van der Waals surface area contributed by atoms with Crippen LogP contribution in [-0.4, -0.2) is 33.7 Å². The molecule has 138 valence electrons. The summed E-state index contributed by atoms with van der Waals surface area (Å²) in [6.07, 6.45) is 4.82. The standard InChI is InChI=1S/C20H24FN3O2/c1-14-11-16(15-5-2-3-6-17(15)21)19(25)7-4-10-24(12-14)13-18-20(26)23-9-8-22-18/h2-3,5-6,8-9,14,16H,4,7,10-13H2,1H3,(H,23,26)/t14-,16?/m1/s1. The Kier molecular flexibility index (Phi) is 5.93. The fourth-order valence-corrected chi connectivity index (χ4v) is 3.70. The van der Waals surface area contributed by atoms with Crippen LogP contribution in [0.1, 0.15) is 43.4 Å². The molecule has 1 aromatic heterocycles. The highest BCUT2D eigenvalue weighted by Gasteiger charge is 2.27. The zero-order valence-corrected chi connectivity index (χ0v) is 15.0. The van der Waals surface area contributed by atoms with Gasteiger partial charge >= 0.3 is 0 Å². The predicted molar refractivity (Wildman–Crippen MR) is 97.3 cm³/mol. The average Bonchev–Trinajstić information content (AvgIpc) is 2.68. The van der Waals surface area contributed by atoms with Crippen LogP contribution in [0, 0.1) is 11.7 Å². The summed E-state index contributed by atoms with van der Waals surface area (Å²) < 4.78 is 14.2. The fraction of sp³-hybridized carbons (Fsp3) is 0.450. The minimum absolute atomic E-state index is 0.0967. The van der Waals surface area contributed by atoms with Crippen molar-refractivity contribution in [1.82, 2.24) is 14.9 Å². The molecule has 0 saturated carbocycles. The highest BCUT2D eigenvalue weighted by Crippen LogP contribution is 2.30. The predicted octanol–water partition coefficient (Wildman–Crippen LogP) is 2.88. The smallest absolute Gasteiger partial charge is 0.270 e. The van der Waals surface area contributed by atoms with Crippen LogP contribution in [0.15, 0.2) is 41.5 Å². The van der Waals surface area contributed by atoms with Gasteiger partial charge in [-0.25, -0.2) is 4.39 Å². The Labute approximate surface area is 152 Å². The summed E-state index contributed by atoms with van der Waals surface area (Å²) in [4.78, 5) is 33.5. The quantitative estimate of drug-likeness (QED) is 0.917. The van der Waals surface area contributed by atoms with Crippen molar-refractivity contribution in [3.8, 4) is 0 Å². The maximum atomic E-state index is 14.2. The molecule has 0 spiro atoms. The minimum atomic E-state index is -0.399. The van der Waals surface area contributed by atoms with E-state index in [1.807, 2.05) is 0 Å². The number of ketones is 1. The molecular weight excluding hydrogens is 333 g/mol. The Morgan fingerprint density at radius 3 is 2.88 bits per heavy atom. The van der Waals surface area contributed by atoms with E-state index >= 15 is 0 Å². The molecule has 3 rings (SSSR count). The van der Waals surface area contributed by atoms with Gasteiger partial charge in [-0.2, -0.15) is 0 Å². The number of carbonyl (C=O) groups is 1. The number of benzene rings is 1. The first-order valence-corrected chi connectivity index (χ1v) is 9.06. The van der Waals surface area contributed by atoms with E-state index in [4.69, 9.17) is 0 Å². The van der Waals surface area contributed by atoms with E-state index in [-0.39, 0.29) is 23.1 Å². The lowest BCUT2D eigenvalue weighted by atomic mass is 9.85. The number of hydrogen-bond donors (Lipinski definition) is 1. The van der Waals surface area contributed by atoms with Gasteiger partial charge < -0.3 is 4.98 Å². The molecule has 1 fully saturated rings. The van der Waals surface area contributed by atoms with Crippen molar-refractivity contribution in [2.24, 2.45) is 5.92 Å². The minimum Gasteiger partial charge on any atom is -0.326 e. The van der Waals surface area contributed by atoms with Crippen LogP contribution >= 0.6 is 0 Å². The number of aromatic nitrogens is 2. The van der Waals surface area contributed by atoms with Crippen molar-refractivity contribution in [2.75, 3.05) is 13.1 Å². The summed E-state index contributed by atoms with van der Waals surface area (Å²) in [5, 5.41) is 0. The first-order chi connectivity index (χ1) is 12.5. The maximum absolute atomic E-state index is 14.2. The van der Waals surface area contributed by atoms with Crippen molar-refractivity contribution in [1.29, 1.82) is 0 Å². The molecule has 26 heavy (non-hydrogen) atoms. The van der Waals surface area contributed by atoms with Gasteiger partial charge in [0.25, 0.3) is 5.56 Å². The van der Waals surface area contributed by atoms with Crippen LogP contribution in [-0.2, 0) is 11.3 Å². The zero-order valence-electron chi connectivity index (χ0n) is 15.0. The molecular formula is C20H24FN3O2. The van der Waals surface area contributed by atoms with E-state index in [2.05, 4.69) is 21.8 Å². The van der Waals surface area contributed by atoms with Crippen molar-refractivity contribution < 1.29 is 9.18 Å². The van der Waals surface area contributed by atoms with Crippen molar-refractivity contribution in [3.05, 3.63) is 64.1 Å². The van der Waals surface area contributed by atoms with Crippen molar-refractivity contribution in [3.63, 3.8) is 0 Å². The number of carbonyl (C=O) groups excluding carboxylic acids is 1. The van der Waals surface area contributed by atoms with Gasteiger partial charge in [-0.15, -0.1) is 0 Å². The first-order valence-electron chi connectivity index (χ1n) is 9.06. The zero-order chi connectivity index (χ0) is 18.5. The van der Waals surface area contributed by atoms with Crippen LogP contribution < -0.4 is 5.56 Å². The third kappa shape index (κ3) is 4.43. The van der Waals surface area contributed by atoms with Crippen LogP contribution in [0.25, 0.3) is 0 Å². The molecule has 0 aliphatic carbocycles. The van der Waals surface area contributed by atoms with E-state index in [9.17, 15) is 14.0 Å². The molecule has 2 heterocycles. The number of rotatable bonds is 3. The summed E-state index contributed by atoms with van der Waals surface area (Å²) in [6, 6.07) is 6.56. The molecule has 1 aliphatic rings. The van der Waals surface area contributed by atoms with E-state index in [0.717, 1.165) is 13.1 Å². The summed E-state index contributed by atoms with van der Waals surface area (Å²) in [7, 11) is 0. The molecule has 1 aromatic carbocycles. The van der Waals surface area contributed by atoms with Gasteiger partial charge in [-0.05, 0) is 36.9 Å². The topological polar surface area (TPSA) is 66.1 Å². The van der Waals surface area contributed by atoms with Gasteiger partial charge in [-0.1, -0.05) is 25.1 Å². The third-order valence-electron chi connectivity index (χ3n) is 4.93. The highest BCUT2D eigenvalue weighted by atomic mass is 19.1. The van der Waals surface area contributed by atoms with Crippen LogP contribution in [0.5, 0.6) is 0 Å². The number of nitrogens with one attached hydrogen (secondary N) is 1. The normalized spacial score (nSPS) is 22.5. The van der Waals surface area contributed by atoms with E-state index in [1.165, 1.54) is 12.3 Å². The molecule has 2 aromatic rings. The second-order valence-corrected chi connectivity index (χ2v) is 7.08. The van der Waals surface area contributed by atoms with Crippen LogP contribution in [0.2, 0.25) is 0 Å². The molecule has 1 aliphatic heterocycles. The Bertz CT molecular complexity index is 820. The summed E-state index contributed by atoms with van der Waals surface area (Å²) in [6.45, 7) is 3.99. The lowest BCUT2D eigenvalue weighted by molar-refractivity contribution is -0.120. The Morgan fingerprint density at radius 1 is 1.31 bits per heavy atom. The molecule has 2 atom stereocenters. The van der Waals surface area contributed by atoms with Gasteiger partial charge in [0.05, 0.1) is 0 Å². The van der Waals surface area contributed by atoms with Gasteiger partial charge in [0, 0.05) is 37.8 Å². The Hall–Kier alpha value is -2.34. The SMILES string of the molecule is C[C@@H]1CC(c2ccccc2F)C(=O)CCCN(Cc2ncc[nH]c2=O)C1. The molecule has 6 heteroatoms. The van der Waals surface area contributed by atoms with E-state index < -0.39 is 5.92 Å². The molecule has 1 N–H and O–H groups in total. The maximum Gasteiger partial charge on any atom is 0.270 e. The molecule has 0 radical (unpaired) electrons. The van der Waals surface area contributed by atoms with Gasteiger partial charge in [0.1, 0.15) is 17.3 Å².